The summed E-state index contributed by atoms with van der Waals surface area (Å²) in [7, 11) is 0. The van der Waals surface area contributed by atoms with Gasteiger partial charge in [0.1, 0.15) is 11.6 Å². The van der Waals surface area contributed by atoms with Gasteiger partial charge in [0.2, 0.25) is 5.91 Å². The van der Waals surface area contributed by atoms with Crippen molar-refractivity contribution >= 4 is 17.2 Å². The highest BCUT2D eigenvalue weighted by Gasteiger charge is 2.23. The normalized spacial score (nSPS) is 13.3. The molecule has 3 rings (SSSR count). The lowest BCUT2D eigenvalue weighted by molar-refractivity contribution is -0.125. The zero-order chi connectivity index (χ0) is 19.4. The van der Waals surface area contributed by atoms with Gasteiger partial charge in [-0.15, -0.1) is 0 Å². The maximum atomic E-state index is 12.9. The Morgan fingerprint density at radius 1 is 1.30 bits per heavy atom. The van der Waals surface area contributed by atoms with E-state index in [0.29, 0.717) is 6.54 Å². The van der Waals surface area contributed by atoms with E-state index in [4.69, 9.17) is 0 Å². The fourth-order valence-electron chi connectivity index (χ4n) is 3.11. The number of nitrogens with one attached hydrogen (secondary N) is 1. The van der Waals surface area contributed by atoms with E-state index < -0.39 is 0 Å². The minimum Gasteiger partial charge on any atom is -0.347 e. The van der Waals surface area contributed by atoms with Crippen molar-refractivity contribution in [3.05, 3.63) is 63.6 Å². The van der Waals surface area contributed by atoms with Crippen LogP contribution in [0.3, 0.4) is 0 Å². The Hall–Kier alpha value is -2.54. The lowest BCUT2D eigenvalue weighted by Gasteiger charge is -2.22. The monoisotopic (exact) mass is 383 g/mol. The van der Waals surface area contributed by atoms with Crippen LogP contribution in [0.5, 0.6) is 0 Å². The highest BCUT2D eigenvalue weighted by atomic mass is 32.1. The van der Waals surface area contributed by atoms with E-state index in [2.05, 4.69) is 37.2 Å². The number of pyridine rings is 1. The van der Waals surface area contributed by atoms with Crippen molar-refractivity contribution in [3.63, 3.8) is 0 Å². The molecular weight excluding hydrogens is 358 g/mol. The average molecular weight is 384 g/mol. The number of carbonyl (C=O) groups excluding carboxylic acids is 1. The first-order valence-electron chi connectivity index (χ1n) is 9.05. The fourth-order valence-corrected chi connectivity index (χ4v) is 3.80. The summed E-state index contributed by atoms with van der Waals surface area (Å²) in [6.07, 6.45) is 2.50. The molecule has 0 saturated heterocycles. The molecule has 0 aliphatic heterocycles. The second-order valence-electron chi connectivity index (χ2n) is 6.89. The number of thiophene rings is 1. The minimum absolute atomic E-state index is 0.00663. The Bertz CT molecular complexity index is 903. The van der Waals surface area contributed by atoms with E-state index in [-0.39, 0.29) is 17.9 Å². The molecule has 7 heteroatoms. The van der Waals surface area contributed by atoms with E-state index in [0.717, 1.165) is 29.3 Å². The second-order valence-corrected chi connectivity index (χ2v) is 7.67. The smallest absolute Gasteiger partial charge is 0.225 e. The molecule has 0 bridgehead atoms. The van der Waals surface area contributed by atoms with Crippen LogP contribution in [0.15, 0.2) is 35.2 Å². The van der Waals surface area contributed by atoms with Crippen LogP contribution in [-0.4, -0.2) is 25.7 Å². The molecule has 0 fully saturated rings. The average Bonchev–Trinajstić information content (AvgIpc) is 3.24. The van der Waals surface area contributed by atoms with Crippen molar-refractivity contribution in [2.24, 2.45) is 5.92 Å². The van der Waals surface area contributed by atoms with Gasteiger partial charge < -0.3 is 5.32 Å². The predicted octanol–water partition coefficient (Wildman–Crippen LogP) is 3.40. The summed E-state index contributed by atoms with van der Waals surface area (Å²) in [5.41, 5.74) is 3.19. The molecule has 142 valence electrons. The third-order valence-electron chi connectivity index (χ3n) is 4.57. The van der Waals surface area contributed by atoms with Gasteiger partial charge >= 0.3 is 0 Å². The maximum absolute atomic E-state index is 12.9. The van der Waals surface area contributed by atoms with E-state index in [9.17, 15) is 4.79 Å². The quantitative estimate of drug-likeness (QED) is 0.679. The highest BCUT2D eigenvalue weighted by molar-refractivity contribution is 7.07. The molecule has 0 saturated carbocycles. The molecule has 6 nitrogen and oxygen atoms in total. The van der Waals surface area contributed by atoms with E-state index in [1.807, 2.05) is 39.8 Å². The summed E-state index contributed by atoms with van der Waals surface area (Å²) in [5, 5.41) is 11.7. The number of carbonyl (C=O) groups is 1. The Balaban J connectivity index is 1.75. The third kappa shape index (κ3) is 4.80. The molecule has 0 aliphatic carbocycles. The first-order valence-corrected chi connectivity index (χ1v) is 9.99. The molecule has 0 aliphatic rings. The summed E-state index contributed by atoms with van der Waals surface area (Å²) in [6.45, 7) is 8.21. The van der Waals surface area contributed by atoms with Crippen molar-refractivity contribution in [1.82, 2.24) is 25.1 Å². The van der Waals surface area contributed by atoms with Gasteiger partial charge in [0.15, 0.2) is 0 Å². The number of rotatable bonds is 7. The van der Waals surface area contributed by atoms with Gasteiger partial charge in [-0.3, -0.25) is 9.78 Å². The topological polar surface area (TPSA) is 72.7 Å². The van der Waals surface area contributed by atoms with Crippen LogP contribution in [0.25, 0.3) is 0 Å². The van der Waals surface area contributed by atoms with Crippen molar-refractivity contribution in [2.45, 2.75) is 46.7 Å². The molecule has 3 heterocycles. The molecule has 27 heavy (non-hydrogen) atoms. The zero-order valence-electron chi connectivity index (χ0n) is 16.1. The van der Waals surface area contributed by atoms with Gasteiger partial charge in [0.25, 0.3) is 0 Å². The molecule has 2 atom stereocenters. The van der Waals surface area contributed by atoms with Crippen LogP contribution in [0.2, 0.25) is 0 Å². The minimum atomic E-state index is -0.223. The third-order valence-corrected chi connectivity index (χ3v) is 5.31. The van der Waals surface area contributed by atoms with Crippen LogP contribution in [0.4, 0.5) is 0 Å². The van der Waals surface area contributed by atoms with Gasteiger partial charge in [0.05, 0.1) is 24.2 Å². The lowest BCUT2D eigenvalue weighted by atomic mass is 10.0. The first-order chi connectivity index (χ1) is 12.9. The van der Waals surface area contributed by atoms with Crippen molar-refractivity contribution in [1.29, 1.82) is 0 Å². The van der Waals surface area contributed by atoms with Crippen LogP contribution in [0, 0.1) is 26.7 Å². The van der Waals surface area contributed by atoms with Gasteiger partial charge in [0, 0.05) is 6.20 Å². The van der Waals surface area contributed by atoms with Gasteiger partial charge in [-0.05, 0) is 61.2 Å². The van der Waals surface area contributed by atoms with Gasteiger partial charge in [-0.1, -0.05) is 13.0 Å². The van der Waals surface area contributed by atoms with Gasteiger partial charge in [-0.2, -0.15) is 16.4 Å². The molecule has 3 aromatic rings. The van der Waals surface area contributed by atoms with Crippen molar-refractivity contribution < 1.29 is 4.79 Å². The van der Waals surface area contributed by atoms with E-state index in [1.54, 1.807) is 22.2 Å². The highest BCUT2D eigenvalue weighted by Crippen LogP contribution is 2.22. The maximum Gasteiger partial charge on any atom is 0.225 e. The molecule has 0 radical (unpaired) electrons. The van der Waals surface area contributed by atoms with Gasteiger partial charge in [-0.25, -0.2) is 9.67 Å². The van der Waals surface area contributed by atoms with Crippen LogP contribution < -0.4 is 5.32 Å². The molecule has 1 amide bonds. The van der Waals surface area contributed by atoms with Crippen molar-refractivity contribution in [2.75, 3.05) is 0 Å². The number of aromatic nitrogens is 4. The molecule has 1 N–H and O–H groups in total. The Morgan fingerprint density at radius 2 is 2.11 bits per heavy atom. The SMILES string of the molecule is Cc1nc(C)n(C[C@@H](C)C(=O)N[C@H](Cc2ccsc2)c2ncccc2C)n1. The number of amides is 1. The Labute approximate surface area is 163 Å². The van der Waals surface area contributed by atoms with E-state index >= 15 is 0 Å². The van der Waals surface area contributed by atoms with Crippen LogP contribution in [0.1, 0.15) is 41.4 Å². The summed E-state index contributed by atoms with van der Waals surface area (Å²) in [6, 6.07) is 5.88. The van der Waals surface area contributed by atoms with E-state index in [1.165, 1.54) is 5.56 Å². The van der Waals surface area contributed by atoms with Crippen molar-refractivity contribution in [3.8, 4) is 0 Å². The fraction of sp³-hybridized carbons (Fsp3) is 0.400. The standard InChI is InChI=1S/C20H25N5OS/c1-13-6-5-8-21-19(13)18(10-17-7-9-27-12-17)23-20(26)14(2)11-25-16(4)22-15(3)24-25/h5-9,12,14,18H,10-11H2,1-4H3,(H,23,26)/t14-,18-/m1/s1. The largest absolute Gasteiger partial charge is 0.347 e. The second kappa shape index (κ2) is 8.43. The predicted molar refractivity (Wildman–Crippen MR) is 107 cm³/mol. The number of hydrogen-bond acceptors (Lipinski definition) is 5. The summed E-state index contributed by atoms with van der Waals surface area (Å²) in [4.78, 5) is 21.7. The Kier molecular flexibility index (Phi) is 6.01. The lowest BCUT2D eigenvalue weighted by Crippen LogP contribution is -2.36. The molecule has 3 aromatic heterocycles. The molecule has 0 unspecified atom stereocenters. The molecule has 0 aromatic carbocycles. The summed E-state index contributed by atoms with van der Waals surface area (Å²) >= 11 is 1.66. The van der Waals surface area contributed by atoms with Crippen LogP contribution in [-0.2, 0) is 17.8 Å². The number of nitrogens with zero attached hydrogens (tertiary/aromatic N) is 4. The first kappa shape index (κ1) is 19.2. The van der Waals surface area contributed by atoms with Crippen LogP contribution >= 0.6 is 11.3 Å². The zero-order valence-corrected chi connectivity index (χ0v) is 17.0. The molecule has 0 spiro atoms. The Morgan fingerprint density at radius 3 is 2.74 bits per heavy atom. The number of hydrogen-bond donors (Lipinski definition) is 1. The summed E-state index contributed by atoms with van der Waals surface area (Å²) < 4.78 is 1.79. The molecular formula is C20H25N5OS. The number of aryl methyl sites for hydroxylation is 3. The summed E-state index contributed by atoms with van der Waals surface area (Å²) in [5.74, 6) is 1.31.